The summed E-state index contributed by atoms with van der Waals surface area (Å²) in [6.07, 6.45) is 2.47. The summed E-state index contributed by atoms with van der Waals surface area (Å²) in [5.41, 5.74) is 2.63. The molecule has 3 rings (SSSR count). The van der Waals surface area contributed by atoms with Crippen LogP contribution in [0.25, 0.3) is 0 Å². The standard InChI is InChI=1S/C20H31N3O2/c1-16-7-9-22(10-8-16)19(18-6-4-3-5-17(18)2)15-21-20(24)23-11-13-25-14-12-23/h3-6,16,19H,7-15H2,1-2H3,(H,21,24)/t19-/m1/s1. The zero-order valence-corrected chi connectivity index (χ0v) is 15.5. The van der Waals surface area contributed by atoms with E-state index in [1.807, 2.05) is 4.90 Å². The van der Waals surface area contributed by atoms with Crippen LogP contribution in [0.15, 0.2) is 24.3 Å². The molecule has 2 aliphatic rings. The third-order valence-corrected chi connectivity index (χ3v) is 5.55. The van der Waals surface area contributed by atoms with Gasteiger partial charge < -0.3 is 15.0 Å². The van der Waals surface area contributed by atoms with Crippen LogP contribution in [0.3, 0.4) is 0 Å². The van der Waals surface area contributed by atoms with Crippen LogP contribution in [0, 0.1) is 12.8 Å². The summed E-state index contributed by atoms with van der Waals surface area (Å²) >= 11 is 0. The molecule has 5 heteroatoms. The lowest BCUT2D eigenvalue weighted by Crippen LogP contribution is -2.49. The van der Waals surface area contributed by atoms with Gasteiger partial charge in [-0.25, -0.2) is 4.79 Å². The van der Waals surface area contributed by atoms with Gasteiger partial charge in [-0.05, 0) is 49.9 Å². The molecule has 2 fully saturated rings. The average molecular weight is 345 g/mol. The number of amides is 2. The molecule has 138 valence electrons. The number of piperidine rings is 1. The molecule has 1 aromatic rings. The predicted molar refractivity (Wildman–Crippen MR) is 99.7 cm³/mol. The van der Waals surface area contributed by atoms with Gasteiger partial charge in [-0.1, -0.05) is 31.2 Å². The van der Waals surface area contributed by atoms with Gasteiger partial charge in [0.25, 0.3) is 0 Å². The van der Waals surface area contributed by atoms with E-state index in [0.29, 0.717) is 32.8 Å². The lowest BCUT2D eigenvalue weighted by atomic mass is 9.94. The van der Waals surface area contributed by atoms with Gasteiger partial charge in [0.05, 0.1) is 19.3 Å². The number of nitrogens with one attached hydrogen (secondary N) is 1. The molecular weight excluding hydrogens is 314 g/mol. The lowest BCUT2D eigenvalue weighted by Gasteiger charge is -2.38. The zero-order chi connectivity index (χ0) is 17.6. The molecule has 1 N–H and O–H groups in total. The minimum atomic E-state index is 0.0345. The Morgan fingerprint density at radius 3 is 2.56 bits per heavy atom. The van der Waals surface area contributed by atoms with E-state index in [9.17, 15) is 4.79 Å². The minimum absolute atomic E-state index is 0.0345. The molecule has 0 aromatic heterocycles. The van der Waals surface area contributed by atoms with E-state index in [1.54, 1.807) is 0 Å². The van der Waals surface area contributed by atoms with E-state index >= 15 is 0 Å². The first-order valence-electron chi connectivity index (χ1n) is 9.55. The van der Waals surface area contributed by atoms with Crippen LogP contribution < -0.4 is 5.32 Å². The van der Waals surface area contributed by atoms with Gasteiger partial charge in [0.15, 0.2) is 0 Å². The van der Waals surface area contributed by atoms with Crippen molar-refractivity contribution in [3.63, 3.8) is 0 Å². The highest BCUT2D eigenvalue weighted by Crippen LogP contribution is 2.28. The molecule has 1 aromatic carbocycles. The Bertz CT molecular complexity index is 564. The number of rotatable bonds is 4. The molecular formula is C20H31N3O2. The number of carbonyl (C=O) groups is 1. The van der Waals surface area contributed by atoms with Crippen molar-refractivity contribution in [1.82, 2.24) is 15.1 Å². The quantitative estimate of drug-likeness (QED) is 0.913. The summed E-state index contributed by atoms with van der Waals surface area (Å²) in [4.78, 5) is 16.9. The molecule has 2 aliphatic heterocycles. The number of aryl methyl sites for hydroxylation is 1. The Labute approximate surface area is 151 Å². The van der Waals surface area contributed by atoms with Gasteiger partial charge in [-0.2, -0.15) is 0 Å². The molecule has 0 unspecified atom stereocenters. The van der Waals surface area contributed by atoms with Crippen LogP contribution in [0.1, 0.15) is 36.9 Å². The second kappa shape index (κ2) is 8.68. The second-order valence-corrected chi connectivity index (χ2v) is 7.38. The number of hydrogen-bond acceptors (Lipinski definition) is 3. The molecule has 0 spiro atoms. The number of urea groups is 1. The zero-order valence-electron chi connectivity index (χ0n) is 15.5. The summed E-state index contributed by atoms with van der Waals surface area (Å²) in [5.74, 6) is 0.803. The highest BCUT2D eigenvalue weighted by Gasteiger charge is 2.27. The van der Waals surface area contributed by atoms with Gasteiger partial charge in [0.2, 0.25) is 0 Å². The third kappa shape index (κ3) is 4.73. The Morgan fingerprint density at radius 1 is 1.20 bits per heavy atom. The monoisotopic (exact) mass is 345 g/mol. The van der Waals surface area contributed by atoms with Crippen LogP contribution >= 0.6 is 0 Å². The predicted octanol–water partition coefficient (Wildman–Crippen LogP) is 2.81. The first-order valence-corrected chi connectivity index (χ1v) is 9.55. The summed E-state index contributed by atoms with van der Waals surface area (Å²) < 4.78 is 5.34. The molecule has 0 bridgehead atoms. The highest BCUT2D eigenvalue weighted by molar-refractivity contribution is 5.74. The van der Waals surface area contributed by atoms with Gasteiger partial charge in [0, 0.05) is 19.6 Å². The van der Waals surface area contributed by atoms with Crippen molar-refractivity contribution >= 4 is 6.03 Å². The largest absolute Gasteiger partial charge is 0.378 e. The van der Waals surface area contributed by atoms with E-state index in [4.69, 9.17) is 4.74 Å². The number of benzene rings is 1. The van der Waals surface area contributed by atoms with Crippen molar-refractivity contribution in [1.29, 1.82) is 0 Å². The number of likely N-dealkylation sites (tertiary alicyclic amines) is 1. The Morgan fingerprint density at radius 2 is 1.88 bits per heavy atom. The lowest BCUT2D eigenvalue weighted by molar-refractivity contribution is 0.0522. The fourth-order valence-electron chi connectivity index (χ4n) is 3.80. The Hall–Kier alpha value is -1.59. The molecule has 0 aliphatic carbocycles. The number of carbonyl (C=O) groups excluding carboxylic acids is 1. The van der Waals surface area contributed by atoms with Crippen LogP contribution in [0.2, 0.25) is 0 Å². The average Bonchev–Trinajstić information content (AvgIpc) is 2.65. The second-order valence-electron chi connectivity index (χ2n) is 7.38. The van der Waals surface area contributed by atoms with E-state index in [0.717, 1.165) is 19.0 Å². The van der Waals surface area contributed by atoms with Crippen molar-refractivity contribution in [2.45, 2.75) is 32.7 Å². The third-order valence-electron chi connectivity index (χ3n) is 5.55. The maximum Gasteiger partial charge on any atom is 0.317 e. The van der Waals surface area contributed by atoms with E-state index in [1.165, 1.54) is 24.0 Å². The van der Waals surface area contributed by atoms with Crippen molar-refractivity contribution < 1.29 is 9.53 Å². The topological polar surface area (TPSA) is 44.8 Å². The smallest absolute Gasteiger partial charge is 0.317 e. The maximum absolute atomic E-state index is 12.5. The summed E-state index contributed by atoms with van der Waals surface area (Å²) in [6, 6.07) is 8.84. The summed E-state index contributed by atoms with van der Waals surface area (Å²) in [6.45, 7) is 10.0. The van der Waals surface area contributed by atoms with Crippen molar-refractivity contribution in [3.8, 4) is 0 Å². The number of ether oxygens (including phenoxy) is 1. The summed E-state index contributed by atoms with van der Waals surface area (Å²) in [7, 11) is 0. The fraction of sp³-hybridized carbons (Fsp3) is 0.650. The van der Waals surface area contributed by atoms with Crippen LogP contribution in [-0.4, -0.2) is 61.8 Å². The van der Waals surface area contributed by atoms with Gasteiger partial charge >= 0.3 is 6.03 Å². The van der Waals surface area contributed by atoms with Crippen LogP contribution in [-0.2, 0) is 4.74 Å². The SMILES string of the molecule is Cc1ccccc1[C@@H](CNC(=O)N1CCOCC1)N1CCC(C)CC1. The number of nitrogens with zero attached hydrogens (tertiary/aromatic N) is 2. The van der Waals surface area contributed by atoms with Gasteiger partial charge in [-0.15, -0.1) is 0 Å². The van der Waals surface area contributed by atoms with Crippen LogP contribution in [0.4, 0.5) is 4.79 Å². The van der Waals surface area contributed by atoms with Gasteiger partial charge in [0.1, 0.15) is 0 Å². The number of morpholine rings is 1. The molecule has 2 heterocycles. The fourth-order valence-corrected chi connectivity index (χ4v) is 3.80. The Kier molecular flexibility index (Phi) is 6.32. The normalized spacial score (nSPS) is 21.1. The van der Waals surface area contributed by atoms with Crippen molar-refractivity contribution in [2.75, 3.05) is 45.9 Å². The van der Waals surface area contributed by atoms with Crippen molar-refractivity contribution in [3.05, 3.63) is 35.4 Å². The molecule has 0 radical (unpaired) electrons. The molecule has 0 saturated carbocycles. The Balaban J connectivity index is 1.68. The number of hydrogen-bond donors (Lipinski definition) is 1. The first-order chi connectivity index (χ1) is 12.1. The minimum Gasteiger partial charge on any atom is -0.378 e. The first kappa shape index (κ1) is 18.2. The highest BCUT2D eigenvalue weighted by atomic mass is 16.5. The molecule has 2 amide bonds. The van der Waals surface area contributed by atoms with Crippen molar-refractivity contribution in [2.24, 2.45) is 5.92 Å². The maximum atomic E-state index is 12.5. The molecule has 5 nitrogen and oxygen atoms in total. The molecule has 2 saturated heterocycles. The van der Waals surface area contributed by atoms with E-state index in [2.05, 4.69) is 48.3 Å². The van der Waals surface area contributed by atoms with E-state index < -0.39 is 0 Å². The molecule has 1 atom stereocenters. The summed E-state index contributed by atoms with van der Waals surface area (Å²) in [5, 5.41) is 3.18. The van der Waals surface area contributed by atoms with Crippen LogP contribution in [0.5, 0.6) is 0 Å². The van der Waals surface area contributed by atoms with Gasteiger partial charge in [-0.3, -0.25) is 4.90 Å². The van der Waals surface area contributed by atoms with E-state index in [-0.39, 0.29) is 12.1 Å². The molecule has 25 heavy (non-hydrogen) atoms.